The number of ether oxygens (including phenoxy) is 1. The van der Waals surface area contributed by atoms with Gasteiger partial charge in [-0.1, -0.05) is 36.9 Å². The second-order valence-electron chi connectivity index (χ2n) is 5.41. The first kappa shape index (κ1) is 15.7. The van der Waals surface area contributed by atoms with Crippen molar-refractivity contribution in [2.45, 2.75) is 51.2 Å². The molecule has 0 heterocycles. The maximum absolute atomic E-state index is 13.2. The van der Waals surface area contributed by atoms with Crippen LogP contribution in [-0.2, 0) is 11.3 Å². The van der Waals surface area contributed by atoms with Crippen LogP contribution in [0.25, 0.3) is 0 Å². The maximum Gasteiger partial charge on any atom is 0.142 e. The van der Waals surface area contributed by atoms with Gasteiger partial charge in [0.05, 0.1) is 11.1 Å². The minimum Gasteiger partial charge on any atom is -0.378 e. The van der Waals surface area contributed by atoms with E-state index in [-0.39, 0.29) is 10.8 Å². The van der Waals surface area contributed by atoms with Crippen LogP contribution in [0.15, 0.2) is 18.2 Å². The summed E-state index contributed by atoms with van der Waals surface area (Å²) in [5.41, 5.74) is 0.917. The van der Waals surface area contributed by atoms with Crippen LogP contribution in [0.2, 0.25) is 5.02 Å². The average molecular weight is 300 g/mol. The van der Waals surface area contributed by atoms with Gasteiger partial charge >= 0.3 is 0 Å². The minimum absolute atomic E-state index is 0.176. The lowest BCUT2D eigenvalue weighted by Crippen LogP contribution is -2.20. The van der Waals surface area contributed by atoms with E-state index in [2.05, 4.69) is 5.32 Å². The lowest BCUT2D eigenvalue weighted by molar-refractivity contribution is 0.0273. The van der Waals surface area contributed by atoms with Gasteiger partial charge in [0.1, 0.15) is 5.82 Å². The fraction of sp³-hybridized carbons (Fsp3) is 0.625. The lowest BCUT2D eigenvalue weighted by atomic mass is 9.98. The lowest BCUT2D eigenvalue weighted by Gasteiger charge is -2.21. The molecule has 1 saturated carbocycles. The molecule has 1 aromatic carbocycles. The van der Waals surface area contributed by atoms with Crippen molar-refractivity contribution >= 4 is 11.6 Å². The van der Waals surface area contributed by atoms with Crippen LogP contribution in [-0.4, -0.2) is 19.3 Å². The average Bonchev–Trinajstić information content (AvgIpc) is 2.47. The smallest absolute Gasteiger partial charge is 0.142 e. The highest BCUT2D eigenvalue weighted by Gasteiger charge is 2.12. The van der Waals surface area contributed by atoms with Crippen molar-refractivity contribution in [3.8, 4) is 0 Å². The molecule has 0 spiro atoms. The van der Waals surface area contributed by atoms with Crippen molar-refractivity contribution < 1.29 is 9.13 Å². The Balaban J connectivity index is 1.53. The molecule has 0 amide bonds. The van der Waals surface area contributed by atoms with Crippen LogP contribution >= 0.6 is 11.6 Å². The van der Waals surface area contributed by atoms with Crippen LogP contribution in [0.5, 0.6) is 0 Å². The second kappa shape index (κ2) is 8.60. The van der Waals surface area contributed by atoms with E-state index in [0.717, 1.165) is 25.1 Å². The largest absolute Gasteiger partial charge is 0.378 e. The highest BCUT2D eigenvalue weighted by molar-refractivity contribution is 6.30. The van der Waals surface area contributed by atoms with Gasteiger partial charge in [-0.3, -0.25) is 0 Å². The molecule has 1 aliphatic carbocycles. The topological polar surface area (TPSA) is 21.3 Å². The van der Waals surface area contributed by atoms with Gasteiger partial charge in [0, 0.05) is 13.2 Å². The van der Waals surface area contributed by atoms with Gasteiger partial charge in [-0.05, 0) is 43.5 Å². The number of rotatable bonds is 7. The summed E-state index contributed by atoms with van der Waals surface area (Å²) in [6.07, 6.45) is 7.89. The molecular weight excluding hydrogens is 277 g/mol. The van der Waals surface area contributed by atoms with Crippen molar-refractivity contribution in [3.63, 3.8) is 0 Å². The molecule has 2 nitrogen and oxygen atoms in total. The Bertz CT molecular complexity index is 407. The zero-order valence-corrected chi connectivity index (χ0v) is 12.6. The van der Waals surface area contributed by atoms with E-state index < -0.39 is 0 Å². The van der Waals surface area contributed by atoms with Crippen LogP contribution in [0.1, 0.15) is 44.1 Å². The van der Waals surface area contributed by atoms with Crippen LogP contribution in [0.4, 0.5) is 4.39 Å². The van der Waals surface area contributed by atoms with E-state index in [4.69, 9.17) is 16.3 Å². The van der Waals surface area contributed by atoms with Crippen molar-refractivity contribution in [3.05, 3.63) is 34.6 Å². The predicted molar refractivity (Wildman–Crippen MR) is 80.6 cm³/mol. The molecule has 0 unspecified atom stereocenters. The molecule has 1 aliphatic rings. The molecule has 0 bridgehead atoms. The quantitative estimate of drug-likeness (QED) is 0.758. The van der Waals surface area contributed by atoms with Gasteiger partial charge in [0.15, 0.2) is 0 Å². The third kappa shape index (κ3) is 5.39. The SMILES string of the molecule is Fc1cc(CNCCCOC2CCCCC2)ccc1Cl. The molecule has 1 fully saturated rings. The summed E-state index contributed by atoms with van der Waals surface area (Å²) in [5, 5.41) is 3.47. The van der Waals surface area contributed by atoms with Gasteiger partial charge < -0.3 is 10.1 Å². The van der Waals surface area contributed by atoms with Gasteiger partial charge in [-0.25, -0.2) is 4.39 Å². The molecule has 1 aromatic rings. The Morgan fingerprint density at radius 1 is 1.25 bits per heavy atom. The van der Waals surface area contributed by atoms with E-state index in [9.17, 15) is 4.39 Å². The van der Waals surface area contributed by atoms with E-state index >= 15 is 0 Å². The molecule has 20 heavy (non-hydrogen) atoms. The Labute approximate surface area is 125 Å². The van der Waals surface area contributed by atoms with Crippen LogP contribution in [0, 0.1) is 5.82 Å². The highest BCUT2D eigenvalue weighted by atomic mass is 35.5. The molecule has 112 valence electrons. The van der Waals surface area contributed by atoms with Crippen molar-refractivity contribution in [1.82, 2.24) is 5.32 Å². The fourth-order valence-corrected chi connectivity index (χ4v) is 2.68. The summed E-state index contributed by atoms with van der Waals surface area (Å²) in [7, 11) is 0. The van der Waals surface area contributed by atoms with Crippen molar-refractivity contribution in [2.75, 3.05) is 13.2 Å². The standard InChI is InChI=1S/C16H23ClFNO/c17-15-8-7-13(11-16(15)18)12-19-9-4-10-20-14-5-2-1-3-6-14/h7-8,11,14,19H,1-6,9-10,12H2. The van der Waals surface area contributed by atoms with Gasteiger partial charge in [-0.2, -0.15) is 0 Å². The summed E-state index contributed by atoms with van der Waals surface area (Å²) in [6, 6.07) is 4.92. The normalized spacial score (nSPS) is 16.5. The summed E-state index contributed by atoms with van der Waals surface area (Å²) >= 11 is 5.65. The third-order valence-electron chi connectivity index (χ3n) is 3.72. The van der Waals surface area contributed by atoms with Crippen LogP contribution in [0.3, 0.4) is 0 Å². The summed E-state index contributed by atoms with van der Waals surface area (Å²) < 4.78 is 19.1. The Hall–Kier alpha value is -0.640. The summed E-state index contributed by atoms with van der Waals surface area (Å²) in [6.45, 7) is 2.36. The van der Waals surface area contributed by atoms with Crippen LogP contribution < -0.4 is 5.32 Å². The van der Waals surface area contributed by atoms with Crippen molar-refractivity contribution in [2.24, 2.45) is 0 Å². The minimum atomic E-state index is -0.355. The zero-order valence-electron chi connectivity index (χ0n) is 11.8. The molecule has 0 radical (unpaired) electrons. The zero-order chi connectivity index (χ0) is 14.2. The number of hydrogen-bond acceptors (Lipinski definition) is 2. The first-order valence-electron chi connectivity index (χ1n) is 7.52. The number of hydrogen-bond donors (Lipinski definition) is 1. The molecule has 2 rings (SSSR count). The first-order chi connectivity index (χ1) is 9.75. The fourth-order valence-electron chi connectivity index (χ4n) is 2.56. The first-order valence-corrected chi connectivity index (χ1v) is 7.90. The number of nitrogens with one attached hydrogen (secondary N) is 1. The Morgan fingerprint density at radius 2 is 2.05 bits per heavy atom. The Kier molecular flexibility index (Phi) is 6.77. The van der Waals surface area contributed by atoms with E-state index in [1.807, 2.05) is 6.07 Å². The van der Waals surface area contributed by atoms with E-state index in [0.29, 0.717) is 12.6 Å². The van der Waals surface area contributed by atoms with Gasteiger partial charge in [0.25, 0.3) is 0 Å². The predicted octanol–water partition coefficient (Wildman–Crippen LogP) is 4.31. The van der Waals surface area contributed by atoms with Gasteiger partial charge in [-0.15, -0.1) is 0 Å². The maximum atomic E-state index is 13.2. The molecule has 4 heteroatoms. The molecular formula is C16H23ClFNO. The monoisotopic (exact) mass is 299 g/mol. The summed E-state index contributed by atoms with van der Waals surface area (Å²) in [4.78, 5) is 0. The molecule has 1 N–H and O–H groups in total. The second-order valence-corrected chi connectivity index (χ2v) is 5.82. The Morgan fingerprint density at radius 3 is 2.80 bits per heavy atom. The van der Waals surface area contributed by atoms with Crippen molar-refractivity contribution in [1.29, 1.82) is 0 Å². The third-order valence-corrected chi connectivity index (χ3v) is 4.02. The summed E-state index contributed by atoms with van der Waals surface area (Å²) in [5.74, 6) is -0.355. The van der Waals surface area contributed by atoms with E-state index in [1.165, 1.54) is 38.2 Å². The molecule has 0 aliphatic heterocycles. The van der Waals surface area contributed by atoms with Gasteiger partial charge in [0.2, 0.25) is 0 Å². The molecule has 0 saturated heterocycles. The number of benzene rings is 1. The molecule has 0 atom stereocenters. The number of halogens is 2. The molecule has 0 aromatic heterocycles. The highest BCUT2D eigenvalue weighted by Crippen LogP contribution is 2.20. The van der Waals surface area contributed by atoms with E-state index in [1.54, 1.807) is 6.07 Å².